The molecule has 0 saturated heterocycles. The minimum atomic E-state index is 0.326. The van der Waals surface area contributed by atoms with Crippen LogP contribution in [0.2, 0.25) is 0 Å². The zero-order chi connectivity index (χ0) is 14.0. The zero-order valence-electron chi connectivity index (χ0n) is 12.5. The Labute approximate surface area is 122 Å². The Hall–Kier alpha value is -1.06. The normalized spacial score (nSPS) is 19.8. The van der Waals surface area contributed by atoms with Gasteiger partial charge in [0, 0.05) is 39.0 Å². The van der Waals surface area contributed by atoms with Gasteiger partial charge in [-0.05, 0) is 54.7 Å². The lowest BCUT2D eigenvalue weighted by Crippen LogP contribution is -2.26. The average molecular weight is 274 g/mol. The van der Waals surface area contributed by atoms with E-state index in [0.717, 1.165) is 19.5 Å². The van der Waals surface area contributed by atoms with Crippen molar-refractivity contribution in [2.45, 2.75) is 38.6 Å². The Morgan fingerprint density at radius 2 is 2.20 bits per heavy atom. The van der Waals surface area contributed by atoms with Crippen LogP contribution >= 0.6 is 0 Å². The van der Waals surface area contributed by atoms with Crippen molar-refractivity contribution in [2.75, 3.05) is 31.6 Å². The molecule has 1 heterocycles. The van der Waals surface area contributed by atoms with Crippen molar-refractivity contribution < 1.29 is 5.11 Å². The number of aliphatic hydroxyl groups excluding tert-OH is 1. The highest BCUT2D eigenvalue weighted by molar-refractivity contribution is 5.56. The van der Waals surface area contributed by atoms with E-state index in [0.29, 0.717) is 12.0 Å². The molecule has 0 atom stereocenters. The van der Waals surface area contributed by atoms with Gasteiger partial charge in [-0.2, -0.15) is 0 Å². The predicted molar refractivity (Wildman–Crippen MR) is 83.1 cm³/mol. The molecular weight excluding hydrogens is 248 g/mol. The summed E-state index contributed by atoms with van der Waals surface area (Å²) in [5.74, 6) is 0. The zero-order valence-corrected chi connectivity index (χ0v) is 12.5. The Morgan fingerprint density at radius 1 is 1.35 bits per heavy atom. The summed E-state index contributed by atoms with van der Waals surface area (Å²) in [4.78, 5) is 2.36. The number of nitrogens with one attached hydrogen (secondary N) is 1. The van der Waals surface area contributed by atoms with Gasteiger partial charge in [0.2, 0.25) is 0 Å². The van der Waals surface area contributed by atoms with Crippen molar-refractivity contribution in [1.82, 2.24) is 5.32 Å². The van der Waals surface area contributed by atoms with Gasteiger partial charge in [0.05, 0.1) is 0 Å². The van der Waals surface area contributed by atoms with Gasteiger partial charge in [-0.3, -0.25) is 0 Å². The van der Waals surface area contributed by atoms with E-state index >= 15 is 0 Å². The van der Waals surface area contributed by atoms with Gasteiger partial charge >= 0.3 is 0 Å². The van der Waals surface area contributed by atoms with Crippen molar-refractivity contribution in [1.29, 1.82) is 0 Å². The number of aliphatic hydroxyl groups is 1. The van der Waals surface area contributed by atoms with E-state index in [1.807, 2.05) is 0 Å². The van der Waals surface area contributed by atoms with Gasteiger partial charge in [-0.15, -0.1) is 0 Å². The molecule has 1 saturated carbocycles. The van der Waals surface area contributed by atoms with Crippen LogP contribution in [0.25, 0.3) is 0 Å². The number of hydrogen-bond donors (Lipinski definition) is 2. The summed E-state index contributed by atoms with van der Waals surface area (Å²) >= 11 is 0. The van der Waals surface area contributed by atoms with E-state index < -0.39 is 0 Å². The van der Waals surface area contributed by atoms with Crippen LogP contribution in [-0.2, 0) is 13.0 Å². The summed E-state index contributed by atoms with van der Waals surface area (Å²) in [5, 5.41) is 12.7. The molecule has 0 radical (unpaired) electrons. The van der Waals surface area contributed by atoms with Gasteiger partial charge in [-0.25, -0.2) is 0 Å². The standard InChI is InChI=1S/C17H26N2O/c1-19-9-2-3-15-11-14(4-5-16(15)19)12-18-13-17(6-7-17)8-10-20/h4-5,11,18,20H,2-3,6-10,12-13H2,1H3. The fraction of sp³-hybridized carbons (Fsp3) is 0.647. The second kappa shape index (κ2) is 5.74. The number of rotatable bonds is 6. The first-order valence-electron chi connectivity index (χ1n) is 7.87. The maximum absolute atomic E-state index is 9.08. The summed E-state index contributed by atoms with van der Waals surface area (Å²) in [5.41, 5.74) is 4.69. The van der Waals surface area contributed by atoms with Crippen molar-refractivity contribution in [3.8, 4) is 0 Å². The molecular formula is C17H26N2O. The second-order valence-corrected chi connectivity index (χ2v) is 6.57. The number of hydrogen-bond acceptors (Lipinski definition) is 3. The van der Waals surface area contributed by atoms with E-state index in [1.165, 1.54) is 49.0 Å². The van der Waals surface area contributed by atoms with Crippen molar-refractivity contribution in [3.05, 3.63) is 29.3 Å². The Kier molecular flexibility index (Phi) is 3.99. The van der Waals surface area contributed by atoms with Crippen LogP contribution in [0.15, 0.2) is 18.2 Å². The van der Waals surface area contributed by atoms with E-state index in [2.05, 4.69) is 35.5 Å². The summed E-state index contributed by atoms with van der Waals surface area (Å²) in [6.45, 7) is 3.50. The fourth-order valence-corrected chi connectivity index (χ4v) is 3.35. The molecule has 3 heteroatoms. The first-order valence-corrected chi connectivity index (χ1v) is 7.87. The molecule has 0 spiro atoms. The lowest BCUT2D eigenvalue weighted by Gasteiger charge is -2.28. The molecule has 0 unspecified atom stereocenters. The topological polar surface area (TPSA) is 35.5 Å². The molecule has 1 fully saturated rings. The van der Waals surface area contributed by atoms with E-state index in [9.17, 15) is 0 Å². The molecule has 1 aromatic carbocycles. The molecule has 2 N–H and O–H groups in total. The van der Waals surface area contributed by atoms with Gasteiger partial charge in [0.1, 0.15) is 0 Å². The highest BCUT2D eigenvalue weighted by Crippen LogP contribution is 2.47. The molecule has 20 heavy (non-hydrogen) atoms. The minimum Gasteiger partial charge on any atom is -0.396 e. The highest BCUT2D eigenvalue weighted by atomic mass is 16.3. The van der Waals surface area contributed by atoms with E-state index in [1.54, 1.807) is 0 Å². The predicted octanol–water partition coefficient (Wildman–Crippen LogP) is 2.32. The van der Waals surface area contributed by atoms with Crippen molar-refractivity contribution in [2.24, 2.45) is 5.41 Å². The molecule has 1 aliphatic carbocycles. The van der Waals surface area contributed by atoms with Crippen molar-refractivity contribution >= 4 is 5.69 Å². The Balaban J connectivity index is 1.56. The monoisotopic (exact) mass is 274 g/mol. The quantitative estimate of drug-likeness (QED) is 0.835. The molecule has 3 nitrogen and oxygen atoms in total. The molecule has 1 aliphatic heterocycles. The maximum Gasteiger partial charge on any atom is 0.0436 e. The Morgan fingerprint density at radius 3 is 2.95 bits per heavy atom. The minimum absolute atomic E-state index is 0.326. The highest BCUT2D eigenvalue weighted by Gasteiger charge is 2.41. The third-order valence-electron chi connectivity index (χ3n) is 4.92. The molecule has 3 rings (SSSR count). The largest absolute Gasteiger partial charge is 0.396 e. The maximum atomic E-state index is 9.08. The summed E-state index contributed by atoms with van der Waals surface area (Å²) in [6, 6.07) is 6.88. The smallest absolute Gasteiger partial charge is 0.0436 e. The van der Waals surface area contributed by atoms with Crippen LogP contribution < -0.4 is 10.2 Å². The molecule has 0 bridgehead atoms. The van der Waals surface area contributed by atoms with Crippen LogP contribution in [-0.4, -0.2) is 31.9 Å². The number of aryl methyl sites for hydroxylation is 1. The molecule has 1 aromatic rings. The number of anilines is 1. The summed E-state index contributed by atoms with van der Waals surface area (Å²) in [7, 11) is 2.18. The average Bonchev–Trinajstić information content (AvgIpc) is 3.19. The number of nitrogens with zero attached hydrogens (tertiary/aromatic N) is 1. The lowest BCUT2D eigenvalue weighted by molar-refractivity contribution is 0.245. The first kappa shape index (κ1) is 13.9. The van der Waals surface area contributed by atoms with Crippen molar-refractivity contribution in [3.63, 3.8) is 0 Å². The Bertz CT molecular complexity index is 468. The van der Waals surface area contributed by atoms with Crippen LogP contribution in [0.4, 0.5) is 5.69 Å². The molecule has 2 aliphatic rings. The lowest BCUT2D eigenvalue weighted by atomic mass is 9.99. The molecule has 0 amide bonds. The second-order valence-electron chi connectivity index (χ2n) is 6.57. The molecule has 110 valence electrons. The van der Waals surface area contributed by atoms with Gasteiger partial charge in [0.25, 0.3) is 0 Å². The summed E-state index contributed by atoms with van der Waals surface area (Å²) in [6.07, 6.45) is 5.97. The summed E-state index contributed by atoms with van der Waals surface area (Å²) < 4.78 is 0. The third kappa shape index (κ3) is 2.99. The van der Waals surface area contributed by atoms with Crippen LogP contribution in [0.3, 0.4) is 0 Å². The van der Waals surface area contributed by atoms with Crippen LogP contribution in [0.5, 0.6) is 0 Å². The molecule has 0 aromatic heterocycles. The number of benzene rings is 1. The first-order chi connectivity index (χ1) is 9.72. The SMILES string of the molecule is CN1CCCc2cc(CNCC3(CCO)CC3)ccc21. The van der Waals surface area contributed by atoms with E-state index in [-0.39, 0.29) is 0 Å². The van der Waals surface area contributed by atoms with Gasteiger partial charge in [-0.1, -0.05) is 12.1 Å². The third-order valence-corrected chi connectivity index (χ3v) is 4.92. The fourth-order valence-electron chi connectivity index (χ4n) is 3.35. The van der Waals surface area contributed by atoms with Crippen LogP contribution in [0.1, 0.15) is 36.8 Å². The van der Waals surface area contributed by atoms with E-state index in [4.69, 9.17) is 5.11 Å². The van der Waals surface area contributed by atoms with Crippen LogP contribution in [0, 0.1) is 5.41 Å². The van der Waals surface area contributed by atoms with Gasteiger partial charge in [0.15, 0.2) is 0 Å². The van der Waals surface area contributed by atoms with Gasteiger partial charge < -0.3 is 15.3 Å². The number of fused-ring (bicyclic) bond motifs is 1.